The van der Waals surface area contributed by atoms with E-state index in [1.54, 1.807) is 13.8 Å². The number of hydrogen-bond donors (Lipinski definition) is 0. The van der Waals surface area contributed by atoms with E-state index in [9.17, 15) is 9.59 Å². The lowest BCUT2D eigenvalue weighted by atomic mass is 9.61. The molecule has 2 aromatic carbocycles. The van der Waals surface area contributed by atoms with Crippen LogP contribution in [-0.2, 0) is 19.1 Å². The van der Waals surface area contributed by atoms with Gasteiger partial charge in [0.25, 0.3) is 0 Å². The van der Waals surface area contributed by atoms with Crippen LogP contribution in [0.1, 0.15) is 47.9 Å². The Bertz CT molecular complexity index is 804. The van der Waals surface area contributed by atoms with Gasteiger partial charge >= 0.3 is 11.9 Å². The molecule has 4 nitrogen and oxygen atoms in total. The average Bonchev–Trinajstić information content (AvgIpc) is 2.67. The van der Waals surface area contributed by atoms with Crippen LogP contribution in [0.25, 0.3) is 0 Å². The van der Waals surface area contributed by atoms with Crippen LogP contribution in [0.4, 0.5) is 0 Å². The van der Waals surface area contributed by atoms with E-state index in [2.05, 4.69) is 0 Å². The summed E-state index contributed by atoms with van der Waals surface area (Å²) < 4.78 is 10.6. The Labute approximate surface area is 152 Å². The van der Waals surface area contributed by atoms with Gasteiger partial charge in [0.05, 0.1) is 24.4 Å². The van der Waals surface area contributed by atoms with Crippen molar-refractivity contribution in [1.82, 2.24) is 0 Å². The van der Waals surface area contributed by atoms with Crippen molar-refractivity contribution >= 4 is 11.9 Å². The molecule has 2 aromatic rings. The second-order valence-electron chi connectivity index (χ2n) is 6.39. The zero-order valence-electron chi connectivity index (χ0n) is 14.8. The molecule has 5 rings (SSSR count). The Morgan fingerprint density at radius 2 is 1.00 bits per heavy atom. The Kier molecular flexibility index (Phi) is 4.11. The van der Waals surface area contributed by atoms with Crippen LogP contribution in [-0.4, -0.2) is 25.2 Å². The van der Waals surface area contributed by atoms with Gasteiger partial charge in [-0.2, -0.15) is 0 Å². The highest BCUT2D eigenvalue weighted by Gasteiger charge is 2.48. The lowest BCUT2D eigenvalue weighted by Gasteiger charge is -2.41. The summed E-state index contributed by atoms with van der Waals surface area (Å²) in [6.07, 6.45) is 0. The fourth-order valence-electron chi connectivity index (χ4n) is 4.21. The quantitative estimate of drug-likeness (QED) is 0.791. The van der Waals surface area contributed by atoms with E-state index in [-0.39, 0.29) is 25.0 Å². The van der Waals surface area contributed by atoms with Crippen molar-refractivity contribution in [2.24, 2.45) is 0 Å². The molecule has 3 aliphatic carbocycles. The van der Waals surface area contributed by atoms with Crippen LogP contribution in [0.5, 0.6) is 0 Å². The van der Waals surface area contributed by atoms with E-state index >= 15 is 0 Å². The first kappa shape index (κ1) is 16.6. The maximum atomic E-state index is 12.8. The molecule has 0 fully saturated rings. The third kappa shape index (κ3) is 2.29. The van der Waals surface area contributed by atoms with E-state index in [0.29, 0.717) is 11.1 Å². The van der Waals surface area contributed by atoms with Crippen molar-refractivity contribution < 1.29 is 19.1 Å². The molecule has 0 saturated carbocycles. The smallest absolute Gasteiger partial charge is 0.335 e. The number of ether oxygens (including phenoxy) is 2. The van der Waals surface area contributed by atoms with Gasteiger partial charge in [0.1, 0.15) is 0 Å². The minimum absolute atomic E-state index is 0.263. The lowest BCUT2D eigenvalue weighted by Crippen LogP contribution is -2.35. The molecule has 26 heavy (non-hydrogen) atoms. The summed E-state index contributed by atoms with van der Waals surface area (Å²) in [5, 5.41) is 0. The first-order valence-corrected chi connectivity index (χ1v) is 8.94. The highest BCUT2D eigenvalue weighted by atomic mass is 16.5. The molecule has 0 aliphatic heterocycles. The van der Waals surface area contributed by atoms with Crippen molar-refractivity contribution in [3.63, 3.8) is 0 Å². The lowest BCUT2D eigenvalue weighted by molar-refractivity contribution is -0.142. The van der Waals surface area contributed by atoms with Gasteiger partial charge in [-0.15, -0.1) is 0 Å². The zero-order valence-corrected chi connectivity index (χ0v) is 14.8. The maximum absolute atomic E-state index is 12.8. The van der Waals surface area contributed by atoms with E-state index in [1.807, 2.05) is 48.5 Å². The fourth-order valence-corrected chi connectivity index (χ4v) is 4.21. The van der Waals surface area contributed by atoms with Crippen LogP contribution in [0.2, 0.25) is 0 Å². The predicted octanol–water partition coefficient (Wildman–Crippen LogP) is 3.70. The molecule has 0 atom stereocenters. The summed E-state index contributed by atoms with van der Waals surface area (Å²) in [5.74, 6) is -1.47. The van der Waals surface area contributed by atoms with Crippen molar-refractivity contribution in [3.8, 4) is 0 Å². The summed E-state index contributed by atoms with van der Waals surface area (Å²) in [6, 6.07) is 16.0. The van der Waals surface area contributed by atoms with Crippen molar-refractivity contribution in [2.75, 3.05) is 13.2 Å². The fraction of sp³-hybridized carbons (Fsp3) is 0.273. The molecule has 132 valence electrons. The third-order valence-corrected chi connectivity index (χ3v) is 5.09. The van der Waals surface area contributed by atoms with Gasteiger partial charge in [-0.05, 0) is 36.1 Å². The minimum atomic E-state index is -0.436. The molecule has 0 unspecified atom stereocenters. The second kappa shape index (κ2) is 6.45. The van der Waals surface area contributed by atoms with Gasteiger partial charge in [0, 0.05) is 11.8 Å². The molecule has 0 radical (unpaired) electrons. The van der Waals surface area contributed by atoms with Crippen molar-refractivity contribution in [3.05, 3.63) is 81.9 Å². The van der Waals surface area contributed by atoms with Crippen LogP contribution in [0.3, 0.4) is 0 Å². The first-order chi connectivity index (χ1) is 12.7. The first-order valence-electron chi connectivity index (χ1n) is 8.94. The number of rotatable bonds is 4. The Morgan fingerprint density at radius 1 is 0.692 bits per heavy atom. The van der Waals surface area contributed by atoms with E-state index < -0.39 is 11.9 Å². The largest absolute Gasteiger partial charge is 0.463 e. The Hall–Kier alpha value is -2.88. The average molecular weight is 348 g/mol. The van der Waals surface area contributed by atoms with Gasteiger partial charge in [-0.1, -0.05) is 48.5 Å². The van der Waals surface area contributed by atoms with Crippen LogP contribution >= 0.6 is 0 Å². The van der Waals surface area contributed by atoms with Crippen molar-refractivity contribution in [1.29, 1.82) is 0 Å². The Balaban J connectivity index is 2.01. The molecule has 0 aromatic heterocycles. The van der Waals surface area contributed by atoms with Gasteiger partial charge in [-0.3, -0.25) is 0 Å². The van der Waals surface area contributed by atoms with Gasteiger partial charge in [-0.25, -0.2) is 9.59 Å². The molecular formula is C22H20O4. The van der Waals surface area contributed by atoms with Gasteiger partial charge < -0.3 is 9.47 Å². The third-order valence-electron chi connectivity index (χ3n) is 5.09. The number of hydrogen-bond acceptors (Lipinski definition) is 4. The molecule has 0 saturated heterocycles. The highest BCUT2D eigenvalue weighted by Crippen LogP contribution is 2.55. The number of esters is 2. The van der Waals surface area contributed by atoms with E-state index in [0.717, 1.165) is 22.3 Å². The maximum Gasteiger partial charge on any atom is 0.335 e. The van der Waals surface area contributed by atoms with Gasteiger partial charge in [0.2, 0.25) is 0 Å². The highest BCUT2D eigenvalue weighted by molar-refractivity contribution is 6.06. The molecule has 0 spiro atoms. The molecular weight excluding hydrogens is 328 g/mol. The normalized spacial score (nSPS) is 19.6. The molecule has 0 amide bonds. The Morgan fingerprint density at radius 3 is 1.27 bits per heavy atom. The van der Waals surface area contributed by atoms with Crippen molar-refractivity contribution in [2.45, 2.75) is 25.7 Å². The van der Waals surface area contributed by atoms with Crippen LogP contribution in [0, 0.1) is 0 Å². The second-order valence-corrected chi connectivity index (χ2v) is 6.39. The zero-order chi connectivity index (χ0) is 18.3. The molecule has 0 N–H and O–H groups in total. The molecule has 0 heterocycles. The number of benzene rings is 2. The van der Waals surface area contributed by atoms with Gasteiger partial charge in [0.15, 0.2) is 0 Å². The topological polar surface area (TPSA) is 52.6 Å². The summed E-state index contributed by atoms with van der Waals surface area (Å²) in [6.45, 7) is 4.06. The minimum Gasteiger partial charge on any atom is -0.463 e. The standard InChI is InChI=1S/C22H20O4/c1-3-25-21(23)19-17-13-9-5-7-11-15(13)18(20(19)22(24)26-4-2)16-12-8-6-10-14(16)17/h5-12,17-18H,3-4H2,1-2H3. The molecule has 3 aliphatic rings. The summed E-state index contributed by atoms with van der Waals surface area (Å²) in [7, 11) is 0. The van der Waals surface area contributed by atoms with Crippen LogP contribution < -0.4 is 0 Å². The number of carbonyl (C=O) groups is 2. The molecule has 2 bridgehead atoms. The molecule has 4 heteroatoms. The van der Waals surface area contributed by atoms with Crippen LogP contribution in [0.15, 0.2) is 59.7 Å². The van der Waals surface area contributed by atoms with E-state index in [4.69, 9.17) is 9.47 Å². The summed E-state index contributed by atoms with van der Waals surface area (Å²) >= 11 is 0. The monoisotopic (exact) mass is 348 g/mol. The summed E-state index contributed by atoms with van der Waals surface area (Å²) in [5.41, 5.74) is 5.10. The SMILES string of the molecule is CCOC(=O)C1=C(C(=O)OCC)C2c3ccccc3C1c1ccccc12. The summed E-state index contributed by atoms with van der Waals surface area (Å²) in [4.78, 5) is 25.7. The van der Waals surface area contributed by atoms with E-state index in [1.165, 1.54) is 0 Å². The number of carbonyl (C=O) groups excluding carboxylic acids is 2. The predicted molar refractivity (Wildman–Crippen MR) is 96.9 cm³/mol.